The average molecular weight is 344 g/mol. The van der Waals surface area contributed by atoms with Crippen molar-refractivity contribution in [1.29, 1.82) is 0 Å². The fraction of sp³-hybridized carbons (Fsp3) is 0.100. The van der Waals surface area contributed by atoms with Gasteiger partial charge in [-0.3, -0.25) is 9.97 Å². The molecule has 0 atom stereocenters. The van der Waals surface area contributed by atoms with Crippen molar-refractivity contribution in [2.45, 2.75) is 6.92 Å². The second-order valence-electron chi connectivity index (χ2n) is 5.91. The summed E-state index contributed by atoms with van der Waals surface area (Å²) in [5, 5.41) is 0.844. The van der Waals surface area contributed by atoms with Crippen molar-refractivity contribution in [3.8, 4) is 22.6 Å². The van der Waals surface area contributed by atoms with Crippen LogP contribution in [0.5, 0.6) is 0 Å². The van der Waals surface area contributed by atoms with Crippen LogP contribution in [0.3, 0.4) is 0 Å². The Kier molecular flexibility index (Phi) is 3.93. The topological polar surface area (TPSA) is 80.8 Å². The van der Waals surface area contributed by atoms with Gasteiger partial charge in [-0.2, -0.15) is 0 Å². The van der Waals surface area contributed by atoms with Gasteiger partial charge in [-0.1, -0.05) is 12.1 Å². The van der Waals surface area contributed by atoms with E-state index in [9.17, 15) is 4.79 Å². The molecule has 1 aromatic carbocycles. The maximum Gasteiger partial charge on any atom is 0.339 e. The van der Waals surface area contributed by atoms with E-state index in [4.69, 9.17) is 4.74 Å². The van der Waals surface area contributed by atoms with Crippen LogP contribution >= 0.6 is 0 Å². The van der Waals surface area contributed by atoms with E-state index < -0.39 is 5.97 Å². The van der Waals surface area contributed by atoms with Gasteiger partial charge in [-0.05, 0) is 37.3 Å². The smallest absolute Gasteiger partial charge is 0.339 e. The van der Waals surface area contributed by atoms with Gasteiger partial charge >= 0.3 is 5.97 Å². The Bertz CT molecular complexity index is 1120. The second-order valence-corrected chi connectivity index (χ2v) is 5.91. The van der Waals surface area contributed by atoms with E-state index in [-0.39, 0.29) is 0 Å². The summed E-state index contributed by atoms with van der Waals surface area (Å²) in [7, 11) is 1.35. The zero-order valence-corrected chi connectivity index (χ0v) is 14.4. The number of imidazole rings is 1. The first kappa shape index (κ1) is 16.0. The SMILES string of the molecule is COC(=O)c1cnc2ccc(-c3nc[nH]c3-c3cccc(C)n3)cc2c1. The lowest BCUT2D eigenvalue weighted by atomic mass is 10.0. The highest BCUT2D eigenvalue weighted by atomic mass is 16.5. The summed E-state index contributed by atoms with van der Waals surface area (Å²) in [6.07, 6.45) is 3.17. The predicted octanol–water partition coefficient (Wildman–Crippen LogP) is 3.78. The van der Waals surface area contributed by atoms with Crippen LogP contribution < -0.4 is 0 Å². The molecule has 0 aliphatic heterocycles. The van der Waals surface area contributed by atoms with Crippen molar-refractivity contribution in [2.75, 3.05) is 7.11 Å². The molecule has 0 aliphatic rings. The summed E-state index contributed by atoms with van der Waals surface area (Å²) < 4.78 is 4.77. The molecule has 4 rings (SSSR count). The van der Waals surface area contributed by atoms with Crippen molar-refractivity contribution < 1.29 is 9.53 Å². The average Bonchev–Trinajstić information content (AvgIpc) is 3.16. The monoisotopic (exact) mass is 344 g/mol. The lowest BCUT2D eigenvalue weighted by molar-refractivity contribution is 0.0600. The molecule has 0 radical (unpaired) electrons. The molecule has 6 heteroatoms. The Morgan fingerprint density at radius 2 is 2.00 bits per heavy atom. The first-order valence-corrected chi connectivity index (χ1v) is 8.11. The van der Waals surface area contributed by atoms with Crippen LogP contribution in [0.1, 0.15) is 16.1 Å². The molecule has 0 bridgehead atoms. The van der Waals surface area contributed by atoms with Crippen LogP contribution in [0.4, 0.5) is 0 Å². The van der Waals surface area contributed by atoms with Crippen molar-refractivity contribution >= 4 is 16.9 Å². The molecule has 26 heavy (non-hydrogen) atoms. The van der Waals surface area contributed by atoms with Gasteiger partial charge in [0, 0.05) is 22.8 Å². The molecule has 0 saturated carbocycles. The number of hydrogen-bond donors (Lipinski definition) is 1. The van der Waals surface area contributed by atoms with E-state index in [1.54, 1.807) is 12.4 Å². The third-order valence-corrected chi connectivity index (χ3v) is 4.16. The molecule has 0 aliphatic carbocycles. The number of ether oxygens (including phenoxy) is 1. The number of H-pyrrole nitrogens is 1. The molecule has 6 nitrogen and oxygen atoms in total. The number of benzene rings is 1. The zero-order chi connectivity index (χ0) is 18.1. The van der Waals surface area contributed by atoms with Crippen LogP contribution in [0, 0.1) is 6.92 Å². The summed E-state index contributed by atoms with van der Waals surface area (Å²) in [5.41, 5.74) is 5.55. The van der Waals surface area contributed by atoms with Crippen LogP contribution in [-0.2, 0) is 4.74 Å². The quantitative estimate of drug-likeness (QED) is 0.572. The van der Waals surface area contributed by atoms with E-state index in [1.165, 1.54) is 13.3 Å². The maximum absolute atomic E-state index is 11.8. The molecular formula is C20H16N4O2. The normalized spacial score (nSPS) is 10.8. The number of hydrogen-bond acceptors (Lipinski definition) is 5. The number of aromatic nitrogens is 4. The molecule has 3 aromatic heterocycles. The number of aryl methyl sites for hydroxylation is 1. The molecule has 0 amide bonds. The Morgan fingerprint density at radius 1 is 1.12 bits per heavy atom. The first-order valence-electron chi connectivity index (χ1n) is 8.11. The van der Waals surface area contributed by atoms with E-state index in [2.05, 4.69) is 19.9 Å². The maximum atomic E-state index is 11.8. The highest BCUT2D eigenvalue weighted by molar-refractivity contribution is 5.95. The molecular weight excluding hydrogens is 328 g/mol. The molecule has 0 unspecified atom stereocenters. The largest absolute Gasteiger partial charge is 0.465 e. The molecule has 1 N–H and O–H groups in total. The minimum absolute atomic E-state index is 0.408. The number of esters is 1. The van der Waals surface area contributed by atoms with Crippen LogP contribution in [0.2, 0.25) is 0 Å². The number of fused-ring (bicyclic) bond motifs is 1. The van der Waals surface area contributed by atoms with Gasteiger partial charge in [0.25, 0.3) is 0 Å². The first-order chi connectivity index (χ1) is 12.7. The standard InChI is InChI=1S/C20H16N4O2/c1-12-4-3-5-17(24-12)19-18(22-11-23-19)13-6-7-16-14(8-13)9-15(10-21-16)20(25)26-2/h3-11H,1-2H3,(H,22,23). The lowest BCUT2D eigenvalue weighted by Gasteiger charge is -2.06. The Hall–Kier alpha value is -3.54. The summed E-state index contributed by atoms with van der Waals surface area (Å²) in [6, 6.07) is 13.5. The summed E-state index contributed by atoms with van der Waals surface area (Å²) in [4.78, 5) is 28.3. The van der Waals surface area contributed by atoms with E-state index in [0.717, 1.165) is 39.2 Å². The van der Waals surface area contributed by atoms with Crippen molar-refractivity contribution in [3.05, 3.63) is 66.2 Å². The van der Waals surface area contributed by atoms with Gasteiger partial charge in [0.2, 0.25) is 0 Å². The molecule has 0 fully saturated rings. The van der Waals surface area contributed by atoms with E-state index in [0.29, 0.717) is 5.56 Å². The zero-order valence-electron chi connectivity index (χ0n) is 14.4. The van der Waals surface area contributed by atoms with Gasteiger partial charge in [-0.15, -0.1) is 0 Å². The second kappa shape index (κ2) is 6.40. The fourth-order valence-corrected chi connectivity index (χ4v) is 2.90. The number of aromatic amines is 1. The van der Waals surface area contributed by atoms with Crippen LogP contribution in [0.25, 0.3) is 33.5 Å². The summed E-state index contributed by atoms with van der Waals surface area (Å²) in [6.45, 7) is 1.95. The molecule has 0 saturated heterocycles. The number of carbonyl (C=O) groups excluding carboxylic acids is 1. The molecule has 3 heterocycles. The lowest BCUT2D eigenvalue weighted by Crippen LogP contribution is -2.01. The van der Waals surface area contributed by atoms with Crippen molar-refractivity contribution in [3.63, 3.8) is 0 Å². The number of nitrogens with zero attached hydrogens (tertiary/aromatic N) is 3. The highest BCUT2D eigenvalue weighted by Gasteiger charge is 2.13. The Balaban J connectivity index is 1.83. The van der Waals surface area contributed by atoms with Crippen molar-refractivity contribution in [2.24, 2.45) is 0 Å². The summed E-state index contributed by atoms with van der Waals surface area (Å²) in [5.74, 6) is -0.408. The Morgan fingerprint density at radius 3 is 2.81 bits per heavy atom. The molecule has 4 aromatic rings. The fourth-order valence-electron chi connectivity index (χ4n) is 2.90. The number of pyridine rings is 2. The van der Waals surface area contributed by atoms with Crippen LogP contribution in [-0.4, -0.2) is 33.0 Å². The van der Waals surface area contributed by atoms with E-state index in [1.807, 2.05) is 43.3 Å². The number of carbonyl (C=O) groups is 1. The van der Waals surface area contributed by atoms with Crippen LogP contribution in [0.15, 0.2) is 55.0 Å². The molecule has 0 spiro atoms. The number of nitrogens with one attached hydrogen (secondary N) is 1. The van der Waals surface area contributed by atoms with E-state index >= 15 is 0 Å². The number of methoxy groups -OCH3 is 1. The third kappa shape index (κ3) is 2.82. The third-order valence-electron chi connectivity index (χ3n) is 4.16. The van der Waals surface area contributed by atoms with Gasteiger partial charge < -0.3 is 9.72 Å². The minimum Gasteiger partial charge on any atom is -0.465 e. The minimum atomic E-state index is -0.408. The van der Waals surface area contributed by atoms with Gasteiger partial charge in [0.05, 0.1) is 41.6 Å². The number of rotatable bonds is 3. The van der Waals surface area contributed by atoms with Gasteiger partial charge in [0.15, 0.2) is 0 Å². The summed E-state index contributed by atoms with van der Waals surface area (Å²) >= 11 is 0. The predicted molar refractivity (Wildman–Crippen MR) is 98.6 cm³/mol. The van der Waals surface area contributed by atoms with Crippen molar-refractivity contribution in [1.82, 2.24) is 19.9 Å². The Labute approximate surface area is 149 Å². The van der Waals surface area contributed by atoms with Gasteiger partial charge in [0.1, 0.15) is 0 Å². The van der Waals surface area contributed by atoms with Gasteiger partial charge in [-0.25, -0.2) is 9.78 Å². The molecule has 128 valence electrons. The highest BCUT2D eigenvalue weighted by Crippen LogP contribution is 2.30.